The third kappa shape index (κ3) is 2.62. The molecule has 1 aliphatic rings. The van der Waals surface area contributed by atoms with Crippen LogP contribution in [0.1, 0.15) is 31.5 Å². The molecule has 3 heteroatoms. The van der Waals surface area contributed by atoms with Gasteiger partial charge in [0.05, 0.1) is 31.5 Å². The van der Waals surface area contributed by atoms with Crippen molar-refractivity contribution in [3.05, 3.63) is 35.5 Å². The molecule has 3 rings (SSSR count). The molecule has 0 bridgehead atoms. The third-order valence-corrected chi connectivity index (χ3v) is 5.32. The van der Waals surface area contributed by atoms with Crippen molar-refractivity contribution in [2.45, 2.75) is 39.7 Å². The topological polar surface area (TPSA) is 37.3 Å². The van der Waals surface area contributed by atoms with Crippen molar-refractivity contribution in [2.75, 3.05) is 13.1 Å². The summed E-state index contributed by atoms with van der Waals surface area (Å²) in [6, 6.07) is 8.97. The summed E-state index contributed by atoms with van der Waals surface area (Å²) in [5.74, 6) is 0.646. The molecule has 1 aliphatic heterocycles. The number of rotatable bonds is 3. The third-order valence-electron chi connectivity index (χ3n) is 5.32. The highest BCUT2D eigenvalue weighted by Gasteiger charge is 2.33. The summed E-state index contributed by atoms with van der Waals surface area (Å²) in [5.41, 5.74) is 3.95. The summed E-state index contributed by atoms with van der Waals surface area (Å²) in [7, 11) is 0. The number of H-pyrrole nitrogens is 1. The lowest BCUT2D eigenvalue weighted by Gasteiger charge is -2.33. The van der Waals surface area contributed by atoms with Gasteiger partial charge in [0.25, 0.3) is 0 Å². The van der Waals surface area contributed by atoms with E-state index in [9.17, 15) is 4.79 Å². The molecule has 112 valence electrons. The maximum atomic E-state index is 11.8. The Morgan fingerprint density at radius 1 is 1.29 bits per heavy atom. The Hall–Kier alpha value is -1.61. The van der Waals surface area contributed by atoms with E-state index >= 15 is 0 Å². The Bertz CT molecular complexity index is 658. The number of ketones is 1. The number of aromatic amines is 1. The molecule has 3 atom stereocenters. The Morgan fingerprint density at radius 2 is 2.05 bits per heavy atom. The van der Waals surface area contributed by atoms with Crippen LogP contribution in [0, 0.1) is 12.8 Å². The fourth-order valence-corrected chi connectivity index (χ4v) is 3.67. The van der Waals surface area contributed by atoms with Gasteiger partial charge in [-0.05, 0) is 32.4 Å². The summed E-state index contributed by atoms with van der Waals surface area (Å²) in [6.07, 6.45) is 1.82. The molecule has 0 saturated carbocycles. The zero-order valence-corrected chi connectivity index (χ0v) is 13.2. The summed E-state index contributed by atoms with van der Waals surface area (Å²) in [4.78, 5) is 16.8. The van der Waals surface area contributed by atoms with Crippen LogP contribution < -0.4 is 4.90 Å². The Kier molecular flexibility index (Phi) is 3.85. The van der Waals surface area contributed by atoms with Crippen molar-refractivity contribution in [1.82, 2.24) is 4.98 Å². The van der Waals surface area contributed by atoms with Gasteiger partial charge in [0.1, 0.15) is 5.78 Å². The SMILES string of the molecule is Cc1[nH]c2ccccc2c1CC[NH+]1CCC(=O)[C@H](C)[C@@H]1C. The Labute approximate surface area is 126 Å². The first-order chi connectivity index (χ1) is 10.1. The number of likely N-dealkylation sites (tertiary alicyclic amines) is 1. The summed E-state index contributed by atoms with van der Waals surface area (Å²) in [6.45, 7) is 8.58. The van der Waals surface area contributed by atoms with E-state index in [0.717, 1.165) is 25.9 Å². The summed E-state index contributed by atoms with van der Waals surface area (Å²) < 4.78 is 0. The number of fused-ring (bicyclic) bond motifs is 1. The number of carbonyl (C=O) groups excluding carboxylic acids is 1. The van der Waals surface area contributed by atoms with Gasteiger partial charge in [0, 0.05) is 23.0 Å². The quantitative estimate of drug-likeness (QED) is 0.888. The van der Waals surface area contributed by atoms with E-state index in [2.05, 4.69) is 50.0 Å². The number of hydrogen-bond donors (Lipinski definition) is 2. The fraction of sp³-hybridized carbons (Fsp3) is 0.500. The molecule has 0 spiro atoms. The molecule has 1 fully saturated rings. The number of nitrogens with one attached hydrogen (secondary N) is 2. The molecule has 1 unspecified atom stereocenters. The number of carbonyl (C=O) groups is 1. The van der Waals surface area contributed by atoms with Crippen LogP contribution in [0.25, 0.3) is 10.9 Å². The number of aromatic nitrogens is 1. The van der Waals surface area contributed by atoms with Crippen LogP contribution in [-0.2, 0) is 11.2 Å². The molecule has 1 aromatic carbocycles. The van der Waals surface area contributed by atoms with Gasteiger partial charge in [0.2, 0.25) is 0 Å². The molecular weight excluding hydrogens is 260 g/mol. The van der Waals surface area contributed by atoms with Gasteiger partial charge in [-0.25, -0.2) is 0 Å². The molecule has 1 saturated heterocycles. The molecule has 3 nitrogen and oxygen atoms in total. The van der Waals surface area contributed by atoms with Crippen LogP contribution in [0.2, 0.25) is 0 Å². The van der Waals surface area contributed by atoms with E-state index in [-0.39, 0.29) is 5.92 Å². The van der Waals surface area contributed by atoms with Crippen LogP contribution >= 0.6 is 0 Å². The molecule has 2 N–H and O–H groups in total. The van der Waals surface area contributed by atoms with Crippen molar-refractivity contribution >= 4 is 16.7 Å². The van der Waals surface area contributed by atoms with E-state index in [1.54, 1.807) is 4.90 Å². The second kappa shape index (κ2) is 5.64. The van der Waals surface area contributed by atoms with Crippen molar-refractivity contribution in [1.29, 1.82) is 0 Å². The standard InChI is InChI=1S/C18H24N2O/c1-12-14(3)20(11-9-18(12)21)10-8-15-13(2)19-17-7-5-4-6-16(15)17/h4-7,12,14,19H,8-11H2,1-3H3/p+1/t12-,14+/m1/s1. The zero-order chi connectivity index (χ0) is 15.0. The lowest BCUT2D eigenvalue weighted by Crippen LogP contribution is -3.17. The van der Waals surface area contributed by atoms with Gasteiger partial charge in [-0.3, -0.25) is 4.79 Å². The second-order valence-electron chi connectivity index (χ2n) is 6.48. The van der Waals surface area contributed by atoms with Crippen LogP contribution in [0.4, 0.5) is 0 Å². The number of quaternary nitrogens is 1. The zero-order valence-electron chi connectivity index (χ0n) is 13.2. The molecule has 0 amide bonds. The number of benzene rings is 1. The van der Waals surface area contributed by atoms with Crippen LogP contribution in [0.5, 0.6) is 0 Å². The van der Waals surface area contributed by atoms with Crippen molar-refractivity contribution < 1.29 is 9.69 Å². The maximum absolute atomic E-state index is 11.8. The van der Waals surface area contributed by atoms with Crippen LogP contribution in [0.15, 0.2) is 24.3 Å². The Balaban J connectivity index is 1.75. The molecular formula is C18H25N2O+. The summed E-state index contributed by atoms with van der Waals surface area (Å²) >= 11 is 0. The van der Waals surface area contributed by atoms with Gasteiger partial charge in [-0.2, -0.15) is 0 Å². The number of Topliss-reactive ketones (excluding diaryl/α,β-unsaturated/α-hetero) is 1. The largest absolute Gasteiger partial charge is 0.358 e. The first-order valence-electron chi connectivity index (χ1n) is 8.01. The lowest BCUT2D eigenvalue weighted by atomic mass is 9.90. The fourth-order valence-electron chi connectivity index (χ4n) is 3.67. The molecule has 2 aromatic rings. The molecule has 0 aliphatic carbocycles. The first kappa shape index (κ1) is 14.3. The van der Waals surface area contributed by atoms with Crippen molar-refractivity contribution in [2.24, 2.45) is 5.92 Å². The number of piperidine rings is 1. The van der Waals surface area contributed by atoms with E-state index in [0.29, 0.717) is 11.8 Å². The van der Waals surface area contributed by atoms with Crippen LogP contribution in [-0.4, -0.2) is 29.9 Å². The summed E-state index contributed by atoms with van der Waals surface area (Å²) in [5, 5.41) is 1.35. The minimum Gasteiger partial charge on any atom is -0.358 e. The maximum Gasteiger partial charge on any atom is 0.147 e. The van der Waals surface area contributed by atoms with Gasteiger partial charge < -0.3 is 9.88 Å². The first-order valence-corrected chi connectivity index (χ1v) is 8.01. The average Bonchev–Trinajstić information content (AvgIpc) is 2.80. The van der Waals surface area contributed by atoms with E-state index in [1.165, 1.54) is 22.2 Å². The number of hydrogen-bond acceptors (Lipinski definition) is 1. The van der Waals surface area contributed by atoms with Gasteiger partial charge in [-0.1, -0.05) is 18.2 Å². The highest BCUT2D eigenvalue weighted by atomic mass is 16.1. The lowest BCUT2D eigenvalue weighted by molar-refractivity contribution is -0.928. The predicted octanol–water partition coefficient (Wildman–Crippen LogP) is 1.90. The highest BCUT2D eigenvalue weighted by Crippen LogP contribution is 2.21. The highest BCUT2D eigenvalue weighted by molar-refractivity contribution is 5.84. The van der Waals surface area contributed by atoms with Gasteiger partial charge in [0.15, 0.2) is 0 Å². The molecule has 1 aromatic heterocycles. The minimum absolute atomic E-state index is 0.206. The smallest absolute Gasteiger partial charge is 0.147 e. The normalized spacial score (nSPS) is 26.4. The number of para-hydroxylation sites is 1. The van der Waals surface area contributed by atoms with Crippen molar-refractivity contribution in [3.63, 3.8) is 0 Å². The van der Waals surface area contributed by atoms with E-state index in [4.69, 9.17) is 0 Å². The minimum atomic E-state index is 0.206. The molecule has 0 radical (unpaired) electrons. The van der Waals surface area contributed by atoms with Crippen LogP contribution in [0.3, 0.4) is 0 Å². The molecule has 2 heterocycles. The van der Waals surface area contributed by atoms with E-state index in [1.807, 2.05) is 0 Å². The van der Waals surface area contributed by atoms with Crippen molar-refractivity contribution in [3.8, 4) is 0 Å². The predicted molar refractivity (Wildman–Crippen MR) is 85.7 cm³/mol. The second-order valence-corrected chi connectivity index (χ2v) is 6.48. The number of aryl methyl sites for hydroxylation is 1. The van der Waals surface area contributed by atoms with Gasteiger partial charge in [-0.15, -0.1) is 0 Å². The molecule has 21 heavy (non-hydrogen) atoms. The van der Waals surface area contributed by atoms with Gasteiger partial charge >= 0.3 is 0 Å². The monoisotopic (exact) mass is 285 g/mol. The van der Waals surface area contributed by atoms with E-state index < -0.39 is 0 Å². The Morgan fingerprint density at radius 3 is 2.86 bits per heavy atom. The average molecular weight is 285 g/mol.